The molecule has 288 valence electrons. The van der Waals surface area contributed by atoms with E-state index in [4.69, 9.17) is 24.1 Å². The molecule has 3 amide bonds. The van der Waals surface area contributed by atoms with Crippen LogP contribution in [0.1, 0.15) is 54.4 Å². The van der Waals surface area contributed by atoms with Gasteiger partial charge in [0.2, 0.25) is 11.8 Å². The average molecular weight is 742 g/mol. The fraction of sp³-hybridized carbons (Fsp3) is 0.381. The second-order valence-corrected chi connectivity index (χ2v) is 12.8. The van der Waals surface area contributed by atoms with Crippen LogP contribution < -0.4 is 16.0 Å². The van der Waals surface area contributed by atoms with Gasteiger partial charge < -0.3 is 40.0 Å². The number of alkyl carbamates (subject to hydrolysis) is 1. The largest absolute Gasteiger partial charge is 0.454 e. The molecule has 3 aromatic rings. The summed E-state index contributed by atoms with van der Waals surface area (Å²) in [5, 5.41) is 17.2. The number of carbonyl (C=O) groups is 4. The van der Waals surface area contributed by atoms with E-state index >= 15 is 0 Å². The van der Waals surface area contributed by atoms with Crippen LogP contribution in [0.25, 0.3) is 11.1 Å². The number of nitrogens with one attached hydrogen (secondary N) is 3. The van der Waals surface area contributed by atoms with Crippen molar-refractivity contribution in [3.8, 4) is 11.1 Å². The summed E-state index contributed by atoms with van der Waals surface area (Å²) in [4.78, 5) is 53.6. The molecule has 0 aliphatic heterocycles. The molecular weight excluding hydrogens is 690 g/mol. The summed E-state index contributed by atoms with van der Waals surface area (Å²) in [6, 6.07) is 22.9. The topological polar surface area (TPSA) is 162 Å². The van der Waals surface area contributed by atoms with Crippen molar-refractivity contribution in [3.05, 3.63) is 121 Å². The fourth-order valence-electron chi connectivity index (χ4n) is 6.44. The van der Waals surface area contributed by atoms with Crippen molar-refractivity contribution in [1.29, 1.82) is 0 Å². The Morgan fingerprint density at radius 3 is 2.17 bits per heavy atom. The number of hydrogen-bond acceptors (Lipinski definition) is 9. The Morgan fingerprint density at radius 2 is 1.54 bits per heavy atom. The predicted molar refractivity (Wildman–Crippen MR) is 204 cm³/mol. The van der Waals surface area contributed by atoms with Crippen LogP contribution in [0, 0.1) is 5.92 Å². The van der Waals surface area contributed by atoms with Crippen molar-refractivity contribution < 1.29 is 43.2 Å². The lowest BCUT2D eigenvalue weighted by molar-refractivity contribution is -0.155. The summed E-state index contributed by atoms with van der Waals surface area (Å²) in [5.41, 5.74) is 4.90. The number of benzene rings is 3. The molecule has 3 aromatic carbocycles. The van der Waals surface area contributed by atoms with Crippen LogP contribution in [0.3, 0.4) is 0 Å². The van der Waals surface area contributed by atoms with E-state index in [0.29, 0.717) is 12.0 Å². The Balaban J connectivity index is 1.46. The molecule has 0 saturated carbocycles. The first-order chi connectivity index (χ1) is 26.3. The van der Waals surface area contributed by atoms with Gasteiger partial charge in [-0.05, 0) is 47.1 Å². The third-order valence-corrected chi connectivity index (χ3v) is 9.05. The summed E-state index contributed by atoms with van der Waals surface area (Å²) in [6.45, 7) is 8.01. The third kappa shape index (κ3) is 11.9. The van der Waals surface area contributed by atoms with E-state index in [2.05, 4.69) is 29.1 Å². The van der Waals surface area contributed by atoms with Gasteiger partial charge in [-0.25, -0.2) is 9.59 Å². The molecule has 1 aliphatic carbocycles. The van der Waals surface area contributed by atoms with E-state index in [9.17, 15) is 19.2 Å². The molecule has 4 atom stereocenters. The van der Waals surface area contributed by atoms with Crippen LogP contribution in [0.15, 0.2) is 104 Å². The molecule has 0 radical (unpaired) electrons. The van der Waals surface area contributed by atoms with Crippen LogP contribution in [0.2, 0.25) is 0 Å². The summed E-state index contributed by atoms with van der Waals surface area (Å²) in [6.07, 6.45) is 2.07. The van der Waals surface area contributed by atoms with Gasteiger partial charge in [0.1, 0.15) is 18.8 Å². The van der Waals surface area contributed by atoms with Gasteiger partial charge in [0.05, 0.1) is 38.4 Å². The fourth-order valence-corrected chi connectivity index (χ4v) is 6.44. The number of hydrogen-bond donors (Lipinski definition) is 4. The van der Waals surface area contributed by atoms with Crippen molar-refractivity contribution in [3.63, 3.8) is 0 Å². The highest BCUT2D eigenvalue weighted by Crippen LogP contribution is 2.44. The van der Waals surface area contributed by atoms with Crippen molar-refractivity contribution >= 4 is 23.9 Å². The lowest BCUT2D eigenvalue weighted by atomic mass is 9.97. The first-order valence-electron chi connectivity index (χ1n) is 18.1. The second kappa shape index (κ2) is 22.0. The van der Waals surface area contributed by atoms with Crippen molar-refractivity contribution in [2.24, 2.45) is 5.92 Å². The normalized spacial score (nSPS) is 14.0. The minimum atomic E-state index is -1.10. The monoisotopic (exact) mass is 741 g/mol. The molecule has 0 bridgehead atoms. The lowest BCUT2D eigenvalue weighted by Gasteiger charge is -2.30. The third-order valence-electron chi connectivity index (χ3n) is 9.05. The van der Waals surface area contributed by atoms with Crippen LogP contribution in [0.4, 0.5) is 4.79 Å². The van der Waals surface area contributed by atoms with Gasteiger partial charge >= 0.3 is 12.1 Å². The molecule has 0 spiro atoms. The minimum Gasteiger partial charge on any atom is -0.454 e. The number of rotatable bonds is 23. The standard InChI is InChI=1S/C42H51N3O9/c1-4-6-21-36(45-42(50)53-27-35-33-19-12-10-17-31(33)32-18-11-13-20-34(32)35)41(49)54-39(29-15-8-7-9-16-29)37(28-51-3)44-40(48)30(14-5-2)26-38(47)43-22-24-52-25-23-46/h4-5,7-13,15-20,30,35-37,39,46H,1-2,6,14,21-28H2,3H3,(H,43,47)(H,44,48)(H,45,50)/t30-,36+,37+,39+/m1/s1. The highest BCUT2D eigenvalue weighted by molar-refractivity contribution is 5.86. The van der Waals surface area contributed by atoms with Gasteiger partial charge in [0, 0.05) is 26.0 Å². The maximum absolute atomic E-state index is 13.9. The zero-order chi connectivity index (χ0) is 38.7. The second-order valence-electron chi connectivity index (χ2n) is 12.8. The van der Waals surface area contributed by atoms with Crippen molar-refractivity contribution in [2.75, 3.05) is 46.7 Å². The van der Waals surface area contributed by atoms with Crippen LogP contribution in [0.5, 0.6) is 0 Å². The van der Waals surface area contributed by atoms with E-state index in [1.807, 2.05) is 54.6 Å². The van der Waals surface area contributed by atoms with Gasteiger partial charge in [-0.2, -0.15) is 0 Å². The number of carbonyl (C=O) groups excluding carboxylic acids is 4. The molecule has 54 heavy (non-hydrogen) atoms. The molecule has 0 fully saturated rings. The maximum atomic E-state index is 13.9. The molecule has 0 unspecified atom stereocenters. The summed E-state index contributed by atoms with van der Waals surface area (Å²) < 4.78 is 22.5. The Kier molecular flexibility index (Phi) is 16.9. The number of amides is 3. The molecular formula is C42H51N3O9. The van der Waals surface area contributed by atoms with Gasteiger partial charge in [0.15, 0.2) is 0 Å². The molecule has 0 aromatic heterocycles. The number of esters is 1. The average Bonchev–Trinajstić information content (AvgIpc) is 3.51. The summed E-state index contributed by atoms with van der Waals surface area (Å²) in [5.74, 6) is -2.49. The predicted octanol–water partition coefficient (Wildman–Crippen LogP) is 4.98. The maximum Gasteiger partial charge on any atom is 0.407 e. The molecule has 0 saturated heterocycles. The van der Waals surface area contributed by atoms with Gasteiger partial charge in [-0.1, -0.05) is 91.0 Å². The van der Waals surface area contributed by atoms with Gasteiger partial charge in [0.25, 0.3) is 0 Å². The van der Waals surface area contributed by atoms with E-state index in [0.717, 1.165) is 22.3 Å². The van der Waals surface area contributed by atoms with Crippen molar-refractivity contribution in [1.82, 2.24) is 16.0 Å². The van der Waals surface area contributed by atoms with E-state index < -0.39 is 42.1 Å². The molecule has 4 rings (SSSR count). The van der Waals surface area contributed by atoms with E-state index in [1.165, 1.54) is 7.11 Å². The smallest absolute Gasteiger partial charge is 0.407 e. The van der Waals surface area contributed by atoms with Crippen LogP contribution in [-0.2, 0) is 33.3 Å². The first-order valence-corrected chi connectivity index (χ1v) is 18.1. The number of methoxy groups -OCH3 is 1. The number of ether oxygens (including phenoxy) is 4. The Labute approximate surface area is 316 Å². The number of aliphatic hydroxyl groups excluding tert-OH is 1. The Bertz CT molecular complexity index is 1650. The number of aliphatic hydroxyl groups is 1. The van der Waals surface area contributed by atoms with Gasteiger partial charge in [-0.3, -0.25) is 9.59 Å². The summed E-state index contributed by atoms with van der Waals surface area (Å²) in [7, 11) is 1.46. The molecule has 12 heteroatoms. The number of allylic oxidation sites excluding steroid dienone is 2. The van der Waals surface area contributed by atoms with Crippen molar-refractivity contribution in [2.45, 2.75) is 49.8 Å². The van der Waals surface area contributed by atoms with E-state index in [-0.39, 0.29) is 70.7 Å². The highest BCUT2D eigenvalue weighted by Gasteiger charge is 2.34. The highest BCUT2D eigenvalue weighted by atomic mass is 16.6. The zero-order valence-electron chi connectivity index (χ0n) is 30.7. The Hall–Kier alpha value is -5.30. The lowest BCUT2D eigenvalue weighted by Crippen LogP contribution is -2.49. The molecule has 12 nitrogen and oxygen atoms in total. The minimum absolute atomic E-state index is 0.0368. The van der Waals surface area contributed by atoms with Crippen LogP contribution in [-0.4, -0.2) is 87.8 Å². The van der Waals surface area contributed by atoms with Gasteiger partial charge in [-0.15, -0.1) is 13.2 Å². The number of fused-ring (bicyclic) bond motifs is 3. The molecule has 0 heterocycles. The zero-order valence-corrected chi connectivity index (χ0v) is 30.7. The first kappa shape index (κ1) is 41.5. The summed E-state index contributed by atoms with van der Waals surface area (Å²) >= 11 is 0. The SMILES string of the molecule is C=CCC[C@H](NC(=O)OCC1c2ccccc2-c2ccccc21)C(=O)O[C@@H](c1ccccc1)[C@H](COC)NC(=O)[C@H](CC=C)CC(=O)NCCOCCO. The molecule has 4 N–H and O–H groups in total. The van der Waals surface area contributed by atoms with Crippen LogP contribution >= 0.6 is 0 Å². The Morgan fingerprint density at radius 1 is 0.870 bits per heavy atom. The quantitative estimate of drug-likeness (QED) is 0.0597. The van der Waals surface area contributed by atoms with E-state index in [1.54, 1.807) is 36.4 Å². The molecule has 1 aliphatic rings.